The molecule has 0 saturated carbocycles. The smallest absolute Gasteiger partial charge is 0.248 e. The minimum absolute atomic E-state index is 0.148. The number of fused-ring (bicyclic) bond motifs is 1. The maximum atomic E-state index is 12.8. The standard InChI is InChI=1S/C31H28Cl2N4O3S/c32-23-9-8-21(16-24(23)33)26-17-28(40-36-26)27-18-41-31(35-27)20-12-14-37(15-13-20)30(39)11-10-29(38)34-25-7-3-5-19-4-1-2-6-22(19)25/h3,5,7-11,16-18,20H,1-2,4,6,12-15H2,(H,34,38)/b11-10+. The molecule has 2 aliphatic rings. The molecular weight excluding hydrogens is 579 g/mol. The van der Waals surface area contributed by atoms with Crippen molar-refractivity contribution in [3.8, 4) is 22.7 Å². The van der Waals surface area contributed by atoms with E-state index < -0.39 is 0 Å². The van der Waals surface area contributed by atoms with E-state index in [1.54, 1.807) is 28.4 Å². The highest BCUT2D eigenvalue weighted by atomic mass is 35.5. The van der Waals surface area contributed by atoms with Crippen LogP contribution in [-0.4, -0.2) is 39.9 Å². The molecule has 0 unspecified atom stereocenters. The Morgan fingerprint density at radius 2 is 1.83 bits per heavy atom. The number of rotatable bonds is 6. The van der Waals surface area contributed by atoms with Gasteiger partial charge in [0.2, 0.25) is 11.8 Å². The fourth-order valence-electron chi connectivity index (χ4n) is 5.45. The number of nitrogens with one attached hydrogen (secondary N) is 1. The lowest BCUT2D eigenvalue weighted by Gasteiger charge is -2.30. The van der Waals surface area contributed by atoms with Crippen LogP contribution in [-0.2, 0) is 22.4 Å². The van der Waals surface area contributed by atoms with Gasteiger partial charge in [-0.2, -0.15) is 0 Å². The van der Waals surface area contributed by atoms with Crippen LogP contribution in [0.1, 0.15) is 47.7 Å². The molecule has 2 aromatic heterocycles. The van der Waals surface area contributed by atoms with E-state index in [1.807, 2.05) is 29.6 Å². The van der Waals surface area contributed by atoms with Gasteiger partial charge in [0.05, 0.1) is 15.1 Å². The molecule has 41 heavy (non-hydrogen) atoms. The summed E-state index contributed by atoms with van der Waals surface area (Å²) in [6, 6.07) is 13.2. The van der Waals surface area contributed by atoms with Gasteiger partial charge in [-0.25, -0.2) is 4.98 Å². The molecule has 1 aliphatic carbocycles. The van der Waals surface area contributed by atoms with Crippen LogP contribution in [0.2, 0.25) is 10.0 Å². The molecule has 4 aromatic rings. The Balaban J connectivity index is 1.02. The SMILES string of the molecule is O=C(/C=C/C(=O)N1CCC(c2nc(-c3cc(-c4ccc(Cl)c(Cl)c4)no3)cs2)CC1)Nc1cccc2c1CCCC2. The number of nitrogens with zero attached hydrogens (tertiary/aromatic N) is 3. The fourth-order valence-corrected chi connectivity index (χ4v) is 6.73. The van der Waals surface area contributed by atoms with Gasteiger partial charge in [-0.05, 0) is 67.9 Å². The van der Waals surface area contributed by atoms with Gasteiger partial charge in [0, 0.05) is 53.9 Å². The number of hydrogen-bond donors (Lipinski definition) is 1. The van der Waals surface area contributed by atoms with Crippen LogP contribution in [0.4, 0.5) is 5.69 Å². The van der Waals surface area contributed by atoms with Crippen LogP contribution in [0.25, 0.3) is 22.7 Å². The summed E-state index contributed by atoms with van der Waals surface area (Å²) in [5, 5.41) is 11.1. The van der Waals surface area contributed by atoms with Crippen molar-refractivity contribution in [2.45, 2.75) is 44.4 Å². The Hall–Kier alpha value is -3.46. The van der Waals surface area contributed by atoms with Gasteiger partial charge < -0.3 is 14.7 Å². The summed E-state index contributed by atoms with van der Waals surface area (Å²) in [6.07, 6.45) is 8.67. The topological polar surface area (TPSA) is 88.3 Å². The van der Waals surface area contributed by atoms with E-state index in [1.165, 1.54) is 29.7 Å². The summed E-state index contributed by atoms with van der Waals surface area (Å²) >= 11 is 13.8. The summed E-state index contributed by atoms with van der Waals surface area (Å²) in [5.41, 5.74) is 5.57. The molecule has 0 spiro atoms. The first-order chi connectivity index (χ1) is 19.9. The predicted octanol–water partition coefficient (Wildman–Crippen LogP) is 7.55. The van der Waals surface area contributed by atoms with Crippen LogP contribution in [0.3, 0.4) is 0 Å². The van der Waals surface area contributed by atoms with Crippen molar-refractivity contribution >= 4 is 52.0 Å². The lowest BCUT2D eigenvalue weighted by molar-refractivity contribution is -0.127. The second-order valence-corrected chi connectivity index (χ2v) is 12.1. The number of halogens is 2. The molecule has 1 N–H and O–H groups in total. The first-order valence-corrected chi connectivity index (χ1v) is 15.3. The normalized spacial score (nSPS) is 15.7. The number of thiazole rings is 1. The monoisotopic (exact) mass is 606 g/mol. The molecule has 2 aromatic carbocycles. The number of aryl methyl sites for hydroxylation is 1. The molecule has 0 atom stereocenters. The molecule has 6 rings (SSSR count). The number of amides is 2. The van der Waals surface area contributed by atoms with Gasteiger partial charge in [0.1, 0.15) is 11.4 Å². The maximum absolute atomic E-state index is 12.8. The molecular formula is C31H28Cl2N4O3S. The zero-order chi connectivity index (χ0) is 28.3. The van der Waals surface area contributed by atoms with Crippen molar-refractivity contribution in [1.29, 1.82) is 0 Å². The van der Waals surface area contributed by atoms with E-state index in [0.717, 1.165) is 54.1 Å². The van der Waals surface area contributed by atoms with Gasteiger partial charge in [-0.15, -0.1) is 11.3 Å². The minimum Gasteiger partial charge on any atom is -0.354 e. The molecule has 1 fully saturated rings. The van der Waals surface area contributed by atoms with E-state index in [-0.39, 0.29) is 17.7 Å². The van der Waals surface area contributed by atoms with Gasteiger partial charge in [0.15, 0.2) is 5.76 Å². The van der Waals surface area contributed by atoms with Gasteiger partial charge in [-0.3, -0.25) is 9.59 Å². The summed E-state index contributed by atoms with van der Waals surface area (Å²) in [7, 11) is 0. The number of aromatic nitrogens is 2. The fraction of sp³-hybridized carbons (Fsp3) is 0.290. The average molecular weight is 608 g/mol. The number of carbonyl (C=O) groups excluding carboxylic acids is 2. The van der Waals surface area contributed by atoms with E-state index >= 15 is 0 Å². The van der Waals surface area contributed by atoms with Crippen molar-refractivity contribution < 1.29 is 14.1 Å². The first-order valence-electron chi connectivity index (χ1n) is 13.7. The first kappa shape index (κ1) is 27.7. The van der Waals surface area contributed by atoms with Gasteiger partial charge in [-0.1, -0.05) is 46.6 Å². The Morgan fingerprint density at radius 3 is 2.66 bits per heavy atom. The highest BCUT2D eigenvalue weighted by Gasteiger charge is 2.26. The van der Waals surface area contributed by atoms with Crippen molar-refractivity contribution in [3.63, 3.8) is 0 Å². The number of likely N-dealkylation sites (tertiary alicyclic amines) is 1. The lowest BCUT2D eigenvalue weighted by Crippen LogP contribution is -2.37. The third kappa shape index (κ3) is 6.25. The number of hydrogen-bond acceptors (Lipinski definition) is 6. The highest BCUT2D eigenvalue weighted by molar-refractivity contribution is 7.10. The highest BCUT2D eigenvalue weighted by Crippen LogP contribution is 2.35. The van der Waals surface area contributed by atoms with Crippen molar-refractivity contribution in [2.24, 2.45) is 0 Å². The maximum Gasteiger partial charge on any atom is 0.248 e. The molecule has 1 saturated heterocycles. The summed E-state index contributed by atoms with van der Waals surface area (Å²) in [4.78, 5) is 31.9. The third-order valence-electron chi connectivity index (χ3n) is 7.69. The Bertz CT molecular complexity index is 1620. The molecule has 2 amide bonds. The quantitative estimate of drug-likeness (QED) is 0.229. The van der Waals surface area contributed by atoms with Gasteiger partial charge in [0.25, 0.3) is 0 Å². The van der Waals surface area contributed by atoms with E-state index in [2.05, 4.69) is 16.5 Å². The molecule has 1 aliphatic heterocycles. The number of piperidine rings is 1. The van der Waals surface area contributed by atoms with Crippen LogP contribution >= 0.6 is 34.5 Å². The summed E-state index contributed by atoms with van der Waals surface area (Å²) in [5.74, 6) is 0.412. The number of anilines is 1. The van der Waals surface area contributed by atoms with E-state index in [9.17, 15) is 9.59 Å². The Labute approximate surface area is 252 Å². The predicted molar refractivity (Wildman–Crippen MR) is 162 cm³/mol. The minimum atomic E-state index is -0.280. The molecule has 7 nitrogen and oxygen atoms in total. The Kier molecular flexibility index (Phi) is 8.23. The average Bonchev–Trinajstić information content (AvgIpc) is 3.68. The molecule has 10 heteroatoms. The lowest BCUT2D eigenvalue weighted by atomic mass is 9.90. The zero-order valence-electron chi connectivity index (χ0n) is 22.2. The number of carbonyl (C=O) groups is 2. The molecule has 210 valence electrons. The second kappa shape index (κ2) is 12.2. The van der Waals surface area contributed by atoms with Crippen LogP contribution in [0, 0.1) is 0 Å². The van der Waals surface area contributed by atoms with E-state index in [4.69, 9.17) is 32.7 Å². The van der Waals surface area contributed by atoms with Gasteiger partial charge >= 0.3 is 0 Å². The van der Waals surface area contributed by atoms with Crippen molar-refractivity contribution in [1.82, 2.24) is 15.0 Å². The van der Waals surface area contributed by atoms with Crippen molar-refractivity contribution in [2.75, 3.05) is 18.4 Å². The second-order valence-electron chi connectivity index (χ2n) is 10.3. The summed E-state index contributed by atoms with van der Waals surface area (Å²) in [6.45, 7) is 1.22. The largest absolute Gasteiger partial charge is 0.354 e. The molecule has 3 heterocycles. The van der Waals surface area contributed by atoms with Crippen molar-refractivity contribution in [3.05, 3.63) is 86.2 Å². The molecule has 0 radical (unpaired) electrons. The van der Waals surface area contributed by atoms with E-state index in [0.29, 0.717) is 34.6 Å². The summed E-state index contributed by atoms with van der Waals surface area (Å²) < 4.78 is 5.56. The number of benzene rings is 2. The van der Waals surface area contributed by atoms with Crippen LogP contribution < -0.4 is 5.32 Å². The zero-order valence-corrected chi connectivity index (χ0v) is 24.6. The Morgan fingerprint density at radius 1 is 1.00 bits per heavy atom. The van der Waals surface area contributed by atoms with Crippen LogP contribution in [0.15, 0.2) is 64.5 Å². The third-order valence-corrected chi connectivity index (χ3v) is 9.43. The van der Waals surface area contributed by atoms with Crippen LogP contribution in [0.5, 0.6) is 0 Å². The molecule has 0 bridgehead atoms.